The van der Waals surface area contributed by atoms with Crippen molar-refractivity contribution >= 4 is 22.7 Å². The lowest BCUT2D eigenvalue weighted by Gasteiger charge is -2.15. The second-order valence-electron chi connectivity index (χ2n) is 3.57. The summed E-state index contributed by atoms with van der Waals surface area (Å²) in [4.78, 5) is 22.6. The van der Waals surface area contributed by atoms with Gasteiger partial charge in [-0.2, -0.15) is 0 Å². The van der Waals surface area contributed by atoms with Crippen molar-refractivity contribution < 1.29 is 9.59 Å². The first-order valence-corrected chi connectivity index (χ1v) is 5.37. The molecule has 0 bridgehead atoms. The third-order valence-electron chi connectivity index (χ3n) is 2.12. The van der Waals surface area contributed by atoms with Gasteiger partial charge in [0.15, 0.2) is 10.9 Å². The Morgan fingerprint density at radius 2 is 2.14 bits per heavy atom. The van der Waals surface area contributed by atoms with E-state index < -0.39 is 4.75 Å². The fourth-order valence-electron chi connectivity index (χ4n) is 1.49. The summed E-state index contributed by atoms with van der Waals surface area (Å²) in [5.74, 6) is 0.0105. The number of allylic oxidation sites excluding steroid dienone is 3. The van der Waals surface area contributed by atoms with E-state index in [1.54, 1.807) is 6.92 Å². The SMILES string of the molecule is CC=CC(C)=C[C@@]1(C)SC(=O)CC1=O. The lowest BCUT2D eigenvalue weighted by Crippen LogP contribution is -2.23. The fraction of sp³-hybridized carbons (Fsp3) is 0.455. The molecule has 0 radical (unpaired) electrons. The van der Waals surface area contributed by atoms with E-state index in [9.17, 15) is 9.59 Å². The molecule has 3 heteroatoms. The number of Topliss-reactive ketones (excluding diaryl/α,β-unsaturated/α-hetero) is 1. The summed E-state index contributed by atoms with van der Waals surface area (Å²) in [5.41, 5.74) is 1.02. The Hall–Kier alpha value is -0.830. The molecule has 1 aliphatic heterocycles. The number of hydrogen-bond donors (Lipinski definition) is 0. The van der Waals surface area contributed by atoms with E-state index in [-0.39, 0.29) is 17.3 Å². The van der Waals surface area contributed by atoms with Crippen molar-refractivity contribution in [3.05, 3.63) is 23.8 Å². The Kier molecular flexibility index (Phi) is 3.32. The molecule has 0 aromatic heterocycles. The maximum absolute atomic E-state index is 11.5. The summed E-state index contributed by atoms with van der Waals surface area (Å²) in [7, 11) is 0. The van der Waals surface area contributed by atoms with Gasteiger partial charge in [0.1, 0.15) is 0 Å². The quantitative estimate of drug-likeness (QED) is 0.518. The van der Waals surface area contributed by atoms with E-state index in [2.05, 4.69) is 0 Å². The molecule has 2 nitrogen and oxygen atoms in total. The highest BCUT2D eigenvalue weighted by molar-refractivity contribution is 8.16. The minimum atomic E-state index is -0.638. The predicted octanol–water partition coefficient (Wildman–Crippen LogP) is 2.50. The Morgan fingerprint density at radius 1 is 1.50 bits per heavy atom. The van der Waals surface area contributed by atoms with Crippen molar-refractivity contribution in [1.82, 2.24) is 0 Å². The van der Waals surface area contributed by atoms with Gasteiger partial charge in [-0.15, -0.1) is 0 Å². The standard InChI is InChI=1S/C11H14O2S/c1-4-5-8(2)7-11(3)9(12)6-10(13)14-11/h4-5,7H,6H2,1-3H3/t11-/m1/s1. The summed E-state index contributed by atoms with van der Waals surface area (Å²) in [6, 6.07) is 0. The van der Waals surface area contributed by atoms with Gasteiger partial charge < -0.3 is 0 Å². The van der Waals surface area contributed by atoms with Crippen molar-refractivity contribution in [2.24, 2.45) is 0 Å². The molecular formula is C11H14O2S. The van der Waals surface area contributed by atoms with E-state index in [1.807, 2.05) is 32.1 Å². The molecule has 0 spiro atoms. The second-order valence-corrected chi connectivity index (χ2v) is 5.08. The average molecular weight is 210 g/mol. The molecular weight excluding hydrogens is 196 g/mol. The van der Waals surface area contributed by atoms with Crippen molar-refractivity contribution in [3.63, 3.8) is 0 Å². The lowest BCUT2D eigenvalue weighted by atomic mass is 10.0. The Morgan fingerprint density at radius 3 is 2.57 bits per heavy atom. The molecule has 0 saturated carbocycles. The normalized spacial score (nSPS) is 29.2. The van der Waals surface area contributed by atoms with Crippen LogP contribution >= 0.6 is 11.8 Å². The summed E-state index contributed by atoms with van der Waals surface area (Å²) in [6.07, 6.45) is 5.79. The van der Waals surface area contributed by atoms with E-state index >= 15 is 0 Å². The van der Waals surface area contributed by atoms with Crippen molar-refractivity contribution in [2.75, 3.05) is 0 Å². The van der Waals surface area contributed by atoms with Gasteiger partial charge in [0, 0.05) is 0 Å². The van der Waals surface area contributed by atoms with E-state index in [0.29, 0.717) is 0 Å². The van der Waals surface area contributed by atoms with Crippen LogP contribution in [-0.2, 0) is 9.59 Å². The van der Waals surface area contributed by atoms with Gasteiger partial charge in [-0.25, -0.2) is 0 Å². The number of thioether (sulfide) groups is 1. The maximum atomic E-state index is 11.5. The zero-order valence-electron chi connectivity index (χ0n) is 8.66. The molecule has 0 aromatic rings. The second kappa shape index (κ2) is 4.13. The number of hydrogen-bond acceptors (Lipinski definition) is 3. The van der Waals surface area contributed by atoms with Crippen LogP contribution in [0.5, 0.6) is 0 Å². The highest BCUT2D eigenvalue weighted by Crippen LogP contribution is 2.38. The highest BCUT2D eigenvalue weighted by atomic mass is 32.2. The number of rotatable bonds is 2. The maximum Gasteiger partial charge on any atom is 0.197 e. The van der Waals surface area contributed by atoms with Crippen LogP contribution < -0.4 is 0 Å². The Labute approximate surface area is 88.4 Å². The third-order valence-corrected chi connectivity index (χ3v) is 3.26. The van der Waals surface area contributed by atoms with Crippen LogP contribution in [0.15, 0.2) is 23.8 Å². The third kappa shape index (κ3) is 2.35. The van der Waals surface area contributed by atoms with E-state index in [0.717, 1.165) is 17.3 Å². The van der Waals surface area contributed by atoms with Gasteiger partial charge >= 0.3 is 0 Å². The smallest absolute Gasteiger partial charge is 0.197 e. The van der Waals surface area contributed by atoms with Gasteiger partial charge in [-0.05, 0) is 20.8 Å². The van der Waals surface area contributed by atoms with Crippen molar-refractivity contribution in [3.8, 4) is 0 Å². The number of carbonyl (C=O) groups is 2. The molecule has 1 atom stereocenters. The molecule has 0 aliphatic carbocycles. The van der Waals surface area contributed by atoms with E-state index in [4.69, 9.17) is 0 Å². The fourth-order valence-corrected chi connectivity index (χ4v) is 2.60. The molecule has 1 heterocycles. The van der Waals surface area contributed by atoms with E-state index in [1.165, 1.54) is 0 Å². The summed E-state index contributed by atoms with van der Waals surface area (Å²) < 4.78 is -0.638. The first-order chi connectivity index (χ1) is 6.48. The zero-order valence-corrected chi connectivity index (χ0v) is 9.48. The Balaban J connectivity index is 2.91. The first-order valence-electron chi connectivity index (χ1n) is 4.55. The molecule has 0 N–H and O–H groups in total. The summed E-state index contributed by atoms with van der Waals surface area (Å²) >= 11 is 1.13. The van der Waals surface area contributed by atoms with Gasteiger partial charge in [0.2, 0.25) is 0 Å². The summed E-state index contributed by atoms with van der Waals surface area (Å²) in [5, 5.41) is -0.0259. The van der Waals surface area contributed by atoms with Crippen LogP contribution in [-0.4, -0.2) is 15.6 Å². The first kappa shape index (κ1) is 11.2. The topological polar surface area (TPSA) is 34.1 Å². The van der Waals surface area contributed by atoms with Crippen LogP contribution in [0.3, 0.4) is 0 Å². The molecule has 1 fully saturated rings. The largest absolute Gasteiger partial charge is 0.297 e. The van der Waals surface area contributed by atoms with Gasteiger partial charge in [0.05, 0.1) is 11.2 Å². The lowest BCUT2D eigenvalue weighted by molar-refractivity contribution is -0.122. The van der Waals surface area contributed by atoms with Crippen LogP contribution in [0, 0.1) is 0 Å². The van der Waals surface area contributed by atoms with Crippen molar-refractivity contribution in [2.45, 2.75) is 31.9 Å². The monoisotopic (exact) mass is 210 g/mol. The van der Waals surface area contributed by atoms with Gasteiger partial charge in [-0.1, -0.05) is 35.6 Å². The molecule has 1 aliphatic rings. The molecule has 0 aromatic carbocycles. The number of carbonyl (C=O) groups excluding carboxylic acids is 2. The molecule has 1 rings (SSSR count). The minimum absolute atomic E-state index is 0.0105. The van der Waals surface area contributed by atoms with Gasteiger partial charge in [-0.3, -0.25) is 9.59 Å². The minimum Gasteiger partial charge on any atom is -0.297 e. The zero-order chi connectivity index (χ0) is 10.8. The van der Waals surface area contributed by atoms with Crippen LogP contribution in [0.25, 0.3) is 0 Å². The van der Waals surface area contributed by atoms with Crippen LogP contribution in [0.4, 0.5) is 0 Å². The van der Waals surface area contributed by atoms with Crippen molar-refractivity contribution in [1.29, 1.82) is 0 Å². The molecule has 1 saturated heterocycles. The molecule has 0 amide bonds. The average Bonchev–Trinajstić information content (AvgIpc) is 2.25. The summed E-state index contributed by atoms with van der Waals surface area (Å²) in [6.45, 7) is 5.66. The molecule has 0 unspecified atom stereocenters. The highest BCUT2D eigenvalue weighted by Gasteiger charge is 2.41. The van der Waals surface area contributed by atoms with Crippen LogP contribution in [0.2, 0.25) is 0 Å². The predicted molar refractivity (Wildman–Crippen MR) is 59.2 cm³/mol. The molecule has 76 valence electrons. The Bertz CT molecular complexity index is 328. The molecule has 14 heavy (non-hydrogen) atoms. The van der Waals surface area contributed by atoms with Crippen LogP contribution in [0.1, 0.15) is 27.2 Å². The number of ketones is 1. The van der Waals surface area contributed by atoms with Gasteiger partial charge in [0.25, 0.3) is 0 Å².